The van der Waals surface area contributed by atoms with Gasteiger partial charge in [-0.3, -0.25) is 0 Å². The fraction of sp³-hybridized carbons (Fsp3) is 0.348. The van der Waals surface area contributed by atoms with Crippen LogP contribution in [0.25, 0.3) is 6.08 Å². The third kappa shape index (κ3) is 4.41. The minimum absolute atomic E-state index is 0.540. The van der Waals surface area contributed by atoms with Gasteiger partial charge in [0, 0.05) is 6.08 Å². The van der Waals surface area contributed by atoms with Gasteiger partial charge in [-0.15, -0.1) is 0 Å². The summed E-state index contributed by atoms with van der Waals surface area (Å²) in [6.07, 6.45) is -0.925. The first-order valence-corrected chi connectivity index (χ1v) is 9.61. The van der Waals surface area contributed by atoms with Crippen LogP contribution in [0.5, 0.6) is 0 Å². The number of esters is 1. The summed E-state index contributed by atoms with van der Waals surface area (Å²) in [5.41, 5.74) is 1.55. The predicted octanol–water partition coefficient (Wildman–Crippen LogP) is 3.22. The Hall–Kier alpha value is -2.51. The van der Waals surface area contributed by atoms with Gasteiger partial charge in [0.2, 0.25) is 0 Å². The highest BCUT2D eigenvalue weighted by atomic mass is 16.8. The summed E-state index contributed by atoms with van der Waals surface area (Å²) in [5.74, 6) is -1.40. The van der Waals surface area contributed by atoms with Gasteiger partial charge in [-0.2, -0.15) is 0 Å². The van der Waals surface area contributed by atoms with Gasteiger partial charge in [0.25, 0.3) is 0 Å². The van der Waals surface area contributed by atoms with Crippen molar-refractivity contribution in [2.75, 3.05) is 0 Å². The van der Waals surface area contributed by atoms with Crippen LogP contribution in [0, 0.1) is 0 Å². The van der Waals surface area contributed by atoms with Crippen LogP contribution in [0.3, 0.4) is 0 Å². The molecular formula is C23H24O6. The standard InChI is InChI=1S/C23H24O6/c1-23(2)28-21-20(26-17(24)14-13-15-9-5-3-6-10-15)19(27-22(21)29-23)18(25)16-11-7-4-8-12-16/h3-14,18-22,25H,1-2H3/b14-13+/t18-,19-,20+,21-,22-/m1/s1. The number of carbonyl (C=O) groups excluding carboxylic acids is 1. The minimum atomic E-state index is -0.993. The molecule has 0 radical (unpaired) electrons. The van der Waals surface area contributed by atoms with Gasteiger partial charge < -0.3 is 24.1 Å². The number of fused-ring (bicyclic) bond motifs is 1. The van der Waals surface area contributed by atoms with Crippen molar-refractivity contribution in [3.63, 3.8) is 0 Å². The molecule has 0 unspecified atom stereocenters. The predicted molar refractivity (Wildman–Crippen MR) is 105 cm³/mol. The second-order valence-electron chi connectivity index (χ2n) is 7.57. The molecule has 6 heteroatoms. The van der Waals surface area contributed by atoms with E-state index in [-0.39, 0.29) is 0 Å². The van der Waals surface area contributed by atoms with Crippen molar-refractivity contribution >= 4 is 12.0 Å². The number of aliphatic hydroxyl groups excluding tert-OH is 1. The number of carbonyl (C=O) groups is 1. The van der Waals surface area contributed by atoms with E-state index in [1.165, 1.54) is 6.08 Å². The summed E-state index contributed by atoms with van der Waals surface area (Å²) < 4.78 is 23.3. The molecule has 2 aliphatic rings. The maximum atomic E-state index is 12.5. The zero-order valence-electron chi connectivity index (χ0n) is 16.3. The number of hydrogen-bond donors (Lipinski definition) is 1. The fourth-order valence-corrected chi connectivity index (χ4v) is 3.63. The molecule has 2 heterocycles. The third-order valence-corrected chi connectivity index (χ3v) is 4.94. The second-order valence-corrected chi connectivity index (χ2v) is 7.57. The molecule has 0 saturated carbocycles. The molecule has 152 valence electrons. The highest BCUT2D eigenvalue weighted by Gasteiger charge is 2.58. The maximum absolute atomic E-state index is 12.5. The molecule has 1 N–H and O–H groups in total. The van der Waals surface area contributed by atoms with E-state index >= 15 is 0 Å². The van der Waals surface area contributed by atoms with E-state index < -0.39 is 42.5 Å². The number of hydrogen-bond acceptors (Lipinski definition) is 6. The summed E-state index contributed by atoms with van der Waals surface area (Å²) in [4.78, 5) is 12.5. The lowest BCUT2D eigenvalue weighted by atomic mass is 9.99. The van der Waals surface area contributed by atoms with Crippen molar-refractivity contribution in [3.8, 4) is 0 Å². The molecule has 0 aliphatic carbocycles. The highest BCUT2D eigenvalue weighted by molar-refractivity contribution is 5.87. The number of rotatable bonds is 5. The Morgan fingerprint density at radius 3 is 2.41 bits per heavy atom. The van der Waals surface area contributed by atoms with Crippen molar-refractivity contribution in [2.24, 2.45) is 0 Å². The second kappa shape index (κ2) is 8.08. The minimum Gasteiger partial charge on any atom is -0.453 e. The van der Waals surface area contributed by atoms with Crippen LogP contribution in [-0.2, 0) is 23.7 Å². The smallest absolute Gasteiger partial charge is 0.331 e. The van der Waals surface area contributed by atoms with E-state index in [4.69, 9.17) is 18.9 Å². The molecule has 2 aromatic rings. The lowest BCUT2D eigenvalue weighted by Crippen LogP contribution is -2.40. The van der Waals surface area contributed by atoms with Crippen molar-refractivity contribution in [2.45, 2.75) is 50.3 Å². The topological polar surface area (TPSA) is 74.2 Å². The molecule has 0 aromatic heterocycles. The monoisotopic (exact) mass is 396 g/mol. The van der Waals surface area contributed by atoms with E-state index in [0.717, 1.165) is 5.56 Å². The molecule has 5 atom stereocenters. The Labute approximate surface area is 169 Å². The molecule has 2 aromatic carbocycles. The quantitative estimate of drug-likeness (QED) is 0.618. The summed E-state index contributed by atoms with van der Waals surface area (Å²) in [6.45, 7) is 3.54. The summed E-state index contributed by atoms with van der Waals surface area (Å²) in [5, 5.41) is 10.9. The van der Waals surface area contributed by atoms with Crippen LogP contribution >= 0.6 is 0 Å². The highest BCUT2D eigenvalue weighted by Crippen LogP contribution is 2.42. The van der Waals surface area contributed by atoms with Gasteiger partial charge in [-0.25, -0.2) is 4.79 Å². The first-order valence-electron chi connectivity index (χ1n) is 9.61. The summed E-state index contributed by atoms with van der Waals surface area (Å²) in [7, 11) is 0. The van der Waals surface area contributed by atoms with Crippen LogP contribution in [-0.4, -0.2) is 41.5 Å². The van der Waals surface area contributed by atoms with Gasteiger partial charge >= 0.3 is 5.97 Å². The van der Waals surface area contributed by atoms with E-state index in [9.17, 15) is 9.90 Å². The van der Waals surface area contributed by atoms with Gasteiger partial charge in [0.05, 0.1) is 0 Å². The maximum Gasteiger partial charge on any atom is 0.331 e. The van der Waals surface area contributed by atoms with E-state index in [1.54, 1.807) is 32.1 Å². The van der Waals surface area contributed by atoms with E-state index in [1.807, 2.05) is 48.5 Å². The number of ether oxygens (including phenoxy) is 4. The first-order chi connectivity index (χ1) is 13.9. The number of benzene rings is 2. The molecule has 6 nitrogen and oxygen atoms in total. The molecule has 0 amide bonds. The zero-order valence-corrected chi connectivity index (χ0v) is 16.3. The number of aliphatic hydroxyl groups is 1. The van der Waals surface area contributed by atoms with Crippen molar-refractivity contribution in [3.05, 3.63) is 77.9 Å². The van der Waals surface area contributed by atoms with Gasteiger partial charge in [-0.05, 0) is 31.1 Å². The third-order valence-electron chi connectivity index (χ3n) is 4.94. The average molecular weight is 396 g/mol. The Balaban J connectivity index is 1.52. The van der Waals surface area contributed by atoms with Gasteiger partial charge in [0.15, 0.2) is 24.3 Å². The normalized spacial score (nSPS) is 28.9. The summed E-state index contributed by atoms with van der Waals surface area (Å²) >= 11 is 0. The largest absolute Gasteiger partial charge is 0.453 e. The van der Waals surface area contributed by atoms with Crippen LogP contribution in [0.4, 0.5) is 0 Å². The van der Waals surface area contributed by atoms with E-state index in [0.29, 0.717) is 5.56 Å². The molecule has 2 fully saturated rings. The fourth-order valence-electron chi connectivity index (χ4n) is 3.63. The molecular weight excluding hydrogens is 372 g/mol. The zero-order chi connectivity index (χ0) is 20.4. The lowest BCUT2D eigenvalue weighted by Gasteiger charge is -2.28. The molecule has 0 bridgehead atoms. The van der Waals surface area contributed by atoms with Gasteiger partial charge in [0.1, 0.15) is 12.2 Å². The molecule has 0 spiro atoms. The van der Waals surface area contributed by atoms with Crippen LogP contribution in [0.1, 0.15) is 31.1 Å². The SMILES string of the molecule is CC1(C)O[C@H]2O[C@H]([C@H](O)c3ccccc3)[C@H](OC(=O)/C=C/c3ccccc3)[C@H]2O1. The Bertz CT molecular complexity index is 863. The summed E-state index contributed by atoms with van der Waals surface area (Å²) in [6, 6.07) is 18.6. The van der Waals surface area contributed by atoms with Crippen molar-refractivity contribution in [1.29, 1.82) is 0 Å². The molecule has 29 heavy (non-hydrogen) atoms. The van der Waals surface area contributed by atoms with Crippen molar-refractivity contribution in [1.82, 2.24) is 0 Å². The lowest BCUT2D eigenvalue weighted by molar-refractivity contribution is -0.229. The molecule has 2 aliphatic heterocycles. The average Bonchev–Trinajstić information content (AvgIpc) is 3.19. The van der Waals surface area contributed by atoms with Crippen molar-refractivity contribution < 1.29 is 28.8 Å². The van der Waals surface area contributed by atoms with Gasteiger partial charge in [-0.1, -0.05) is 60.7 Å². The van der Waals surface area contributed by atoms with E-state index in [2.05, 4.69) is 0 Å². The Morgan fingerprint density at radius 2 is 1.72 bits per heavy atom. The molecule has 2 saturated heterocycles. The Morgan fingerprint density at radius 1 is 1.07 bits per heavy atom. The first kappa shape index (κ1) is 19.8. The Kier molecular flexibility index (Phi) is 5.52. The van der Waals surface area contributed by atoms with Crippen LogP contribution < -0.4 is 0 Å². The van der Waals surface area contributed by atoms with Crippen LogP contribution in [0.2, 0.25) is 0 Å². The van der Waals surface area contributed by atoms with Crippen LogP contribution in [0.15, 0.2) is 66.7 Å². The molecule has 4 rings (SSSR count).